The van der Waals surface area contributed by atoms with Gasteiger partial charge in [0, 0.05) is 15.8 Å². The van der Waals surface area contributed by atoms with Crippen molar-refractivity contribution in [3.05, 3.63) is 0 Å². The van der Waals surface area contributed by atoms with Crippen LogP contribution in [-0.2, 0) is 16.1 Å². The topological polar surface area (TPSA) is 95.7 Å². The number of halogens is 1. The van der Waals surface area contributed by atoms with Crippen LogP contribution in [0.1, 0.15) is 0 Å². The molecule has 8 heteroatoms. The largest absolute Gasteiger partial charge is 0.756 e. The number of primary amides is 1. The van der Waals surface area contributed by atoms with Crippen LogP contribution in [0.4, 0.5) is 4.79 Å². The van der Waals surface area contributed by atoms with Gasteiger partial charge in [-0.1, -0.05) is 0 Å². The van der Waals surface area contributed by atoms with E-state index >= 15 is 0 Å². The number of nitrogens with two attached hydrogens (primary N) is 1. The highest BCUT2D eigenvalue weighted by Crippen LogP contribution is 1.96. The number of amides is 1. The van der Waals surface area contributed by atoms with Crippen LogP contribution in [0.15, 0.2) is 0 Å². The predicted octanol–water partition coefficient (Wildman–Crippen LogP) is -0.753. The van der Waals surface area contributed by atoms with Crippen molar-refractivity contribution in [2.45, 2.75) is 0 Å². The highest BCUT2D eigenvalue weighted by Gasteiger charge is 2.03. The van der Waals surface area contributed by atoms with E-state index in [1.165, 1.54) is 0 Å². The fourth-order valence-corrected chi connectivity index (χ4v) is 0.303. The van der Waals surface area contributed by atoms with Crippen molar-refractivity contribution in [1.29, 1.82) is 0 Å². The molecule has 54 valence electrons. The van der Waals surface area contributed by atoms with Crippen LogP contribution in [0, 0.1) is 0 Å². The van der Waals surface area contributed by atoms with Gasteiger partial charge in [-0.05, 0) is 0 Å². The summed E-state index contributed by atoms with van der Waals surface area (Å²) in [6.07, 6.45) is -1.30. The van der Waals surface area contributed by atoms with Crippen LogP contribution in [0.25, 0.3) is 0 Å². The second-order valence-corrected chi connectivity index (χ2v) is 2.11. The number of hydrogen-bond acceptors (Lipinski definition) is 4. The molecular formula is CH2ClN2O4S-. The fraction of sp³-hybridized carbons (Fsp3) is 0. The van der Waals surface area contributed by atoms with Gasteiger partial charge in [-0.15, -0.1) is 0 Å². The highest BCUT2D eigenvalue weighted by atomic mass is 35.5. The van der Waals surface area contributed by atoms with Crippen LogP contribution in [0.5, 0.6) is 0 Å². The van der Waals surface area contributed by atoms with E-state index in [9.17, 15) is 13.6 Å². The van der Waals surface area contributed by atoms with Crippen molar-refractivity contribution in [2.75, 3.05) is 0 Å². The molecule has 9 heavy (non-hydrogen) atoms. The maximum atomic E-state index is 9.71. The second-order valence-electron chi connectivity index (χ2n) is 0.840. The van der Waals surface area contributed by atoms with Gasteiger partial charge in [-0.3, -0.25) is 4.21 Å². The third-order valence-electron chi connectivity index (χ3n) is 0.279. The number of carbonyl (C=O) groups is 1. The number of hydrogen-bond donors (Lipinski definition) is 1. The molecule has 0 radical (unpaired) electrons. The lowest BCUT2D eigenvalue weighted by atomic mass is 11.3. The van der Waals surface area contributed by atoms with Crippen LogP contribution in [0.2, 0.25) is 0 Å². The normalized spacial score (nSPS) is 13.2. The zero-order valence-electron chi connectivity index (χ0n) is 3.94. The monoisotopic (exact) mass is 173 g/mol. The van der Waals surface area contributed by atoms with Crippen LogP contribution >= 0.6 is 11.8 Å². The van der Waals surface area contributed by atoms with E-state index in [2.05, 4.69) is 10.6 Å². The fourth-order valence-electron chi connectivity index (χ4n) is 0.101. The molecule has 6 nitrogen and oxygen atoms in total. The standard InChI is InChI=1S/CH3ClN2O4S/c2-4(9(6)7)8-1(3)5/h(H2,3,5)(H,6,7)/p-1. The lowest BCUT2D eigenvalue weighted by molar-refractivity contribution is 0.0524. The van der Waals surface area contributed by atoms with E-state index < -0.39 is 17.4 Å². The van der Waals surface area contributed by atoms with Crippen molar-refractivity contribution < 1.29 is 18.4 Å². The summed E-state index contributed by atoms with van der Waals surface area (Å²) in [5, 5.41) is 0. The summed E-state index contributed by atoms with van der Waals surface area (Å²) in [5.74, 6) is 0. The first-order valence-electron chi connectivity index (χ1n) is 1.56. The number of nitrogens with zero attached hydrogens (tertiary/aromatic N) is 1. The Labute approximate surface area is 58.0 Å². The van der Waals surface area contributed by atoms with E-state index in [1.807, 2.05) is 0 Å². The van der Waals surface area contributed by atoms with Crippen molar-refractivity contribution in [1.82, 2.24) is 3.99 Å². The van der Waals surface area contributed by atoms with E-state index in [-0.39, 0.29) is 3.99 Å². The molecule has 1 amide bonds. The molecule has 0 rings (SSSR count). The second kappa shape index (κ2) is 3.62. The minimum Gasteiger partial charge on any atom is -0.756 e. The lowest BCUT2D eigenvalue weighted by Crippen LogP contribution is -2.24. The first-order chi connectivity index (χ1) is 4.04. The summed E-state index contributed by atoms with van der Waals surface area (Å²) in [5.41, 5.74) is 4.37. The lowest BCUT2D eigenvalue weighted by Gasteiger charge is -2.11. The minimum atomic E-state index is -2.81. The summed E-state index contributed by atoms with van der Waals surface area (Å²) in [7, 11) is 0. The number of rotatable bonds is 2. The molecule has 0 bridgehead atoms. The molecule has 0 saturated heterocycles. The Morgan fingerprint density at radius 2 is 2.33 bits per heavy atom. The third-order valence-corrected chi connectivity index (χ3v) is 0.995. The number of carbonyl (C=O) groups excluding carboxylic acids is 1. The molecule has 0 aliphatic rings. The Morgan fingerprint density at radius 3 is 2.44 bits per heavy atom. The van der Waals surface area contributed by atoms with E-state index in [4.69, 9.17) is 11.8 Å². The SMILES string of the molecule is NC(=O)ON(Cl)S(=O)[O-]. The Hall–Kier alpha value is -0.370. The van der Waals surface area contributed by atoms with Crippen molar-refractivity contribution in [2.24, 2.45) is 5.73 Å². The first-order valence-corrected chi connectivity index (χ1v) is 2.93. The summed E-state index contributed by atoms with van der Waals surface area (Å²) in [6, 6.07) is 0. The Morgan fingerprint density at radius 1 is 1.89 bits per heavy atom. The van der Waals surface area contributed by atoms with Crippen LogP contribution in [0.3, 0.4) is 0 Å². The molecule has 0 aromatic heterocycles. The van der Waals surface area contributed by atoms with E-state index in [1.54, 1.807) is 0 Å². The van der Waals surface area contributed by atoms with Crippen LogP contribution in [-0.4, -0.2) is 18.8 Å². The first kappa shape index (κ1) is 8.63. The molecule has 2 N–H and O–H groups in total. The molecule has 0 aromatic rings. The van der Waals surface area contributed by atoms with Gasteiger partial charge in [0.15, 0.2) is 0 Å². The van der Waals surface area contributed by atoms with Gasteiger partial charge in [0.2, 0.25) is 0 Å². The van der Waals surface area contributed by atoms with Crippen molar-refractivity contribution in [3.63, 3.8) is 0 Å². The average molecular weight is 174 g/mol. The van der Waals surface area contributed by atoms with Crippen LogP contribution < -0.4 is 5.73 Å². The summed E-state index contributed by atoms with van der Waals surface area (Å²) in [6.45, 7) is 0. The van der Waals surface area contributed by atoms with Gasteiger partial charge < -0.3 is 15.1 Å². The maximum absolute atomic E-state index is 9.71. The molecule has 0 spiro atoms. The molecule has 0 fully saturated rings. The Kier molecular flexibility index (Phi) is 3.47. The van der Waals surface area contributed by atoms with Gasteiger partial charge in [0.1, 0.15) is 0 Å². The van der Waals surface area contributed by atoms with E-state index in [0.29, 0.717) is 0 Å². The van der Waals surface area contributed by atoms with Gasteiger partial charge >= 0.3 is 6.09 Å². The summed E-state index contributed by atoms with van der Waals surface area (Å²) in [4.78, 5) is 13.4. The molecular weight excluding hydrogens is 172 g/mol. The minimum absolute atomic E-state index is 0.220. The predicted molar refractivity (Wildman–Crippen MR) is 27.3 cm³/mol. The van der Waals surface area contributed by atoms with E-state index in [0.717, 1.165) is 0 Å². The summed E-state index contributed by atoms with van der Waals surface area (Å²) >= 11 is 1.90. The van der Waals surface area contributed by atoms with Crippen molar-refractivity contribution in [3.8, 4) is 0 Å². The zero-order valence-corrected chi connectivity index (χ0v) is 5.52. The molecule has 0 aliphatic heterocycles. The maximum Gasteiger partial charge on any atom is 0.425 e. The quantitative estimate of drug-likeness (QED) is 0.338. The Bertz CT molecular complexity index is 139. The zero-order chi connectivity index (χ0) is 7.44. The van der Waals surface area contributed by atoms with Gasteiger partial charge in [-0.2, -0.15) is 0 Å². The van der Waals surface area contributed by atoms with Crippen molar-refractivity contribution >= 4 is 29.1 Å². The molecule has 1 atom stereocenters. The molecule has 0 aliphatic carbocycles. The summed E-state index contributed by atoms with van der Waals surface area (Å²) < 4.78 is 19.2. The molecule has 0 aromatic carbocycles. The molecule has 0 saturated carbocycles. The van der Waals surface area contributed by atoms with Gasteiger partial charge in [-0.25, -0.2) is 4.79 Å². The third kappa shape index (κ3) is 4.15. The molecule has 1 unspecified atom stereocenters. The van der Waals surface area contributed by atoms with Gasteiger partial charge in [0.25, 0.3) is 0 Å². The average Bonchev–Trinajstić information content (AvgIpc) is 1.63. The molecule has 0 heterocycles. The highest BCUT2D eigenvalue weighted by molar-refractivity contribution is 7.77. The Balaban J connectivity index is 3.63. The smallest absolute Gasteiger partial charge is 0.425 e. The van der Waals surface area contributed by atoms with Gasteiger partial charge in [0.05, 0.1) is 11.3 Å².